The third kappa shape index (κ3) is 4.95. The number of alkyl halides is 3. The van der Waals surface area contributed by atoms with Crippen molar-refractivity contribution < 1.29 is 22.4 Å². The number of hydrogen-bond donors (Lipinski definition) is 1. The Hall–Kier alpha value is -2.20. The van der Waals surface area contributed by atoms with Gasteiger partial charge in [0.05, 0.1) is 15.5 Å². The maximum atomic E-state index is 13.1. The summed E-state index contributed by atoms with van der Waals surface area (Å²) in [5.41, 5.74) is 1.46. The van der Waals surface area contributed by atoms with Crippen molar-refractivity contribution in [2.45, 2.75) is 23.4 Å². The minimum atomic E-state index is -4.46. The van der Waals surface area contributed by atoms with Gasteiger partial charge in [-0.05, 0) is 30.7 Å². The minimum absolute atomic E-state index is 0.338. The number of aromatic nitrogens is 2. The molecule has 0 saturated carbocycles. The molecular weight excluding hydrogens is 402 g/mol. The number of rotatable bonds is 5. The van der Waals surface area contributed by atoms with E-state index in [4.69, 9.17) is 0 Å². The standard InChI is InChI=1S/C17H13F4N3OS2/c1-9(15(25)22-7-17(19,20)21)26-16-14-12(23-8-24-16)6-13(27-14)10-2-4-11(18)5-3-10/h2-6,8-9H,7H2,1H3,(H,22,25). The average molecular weight is 415 g/mol. The Kier molecular flexibility index (Phi) is 5.66. The van der Waals surface area contributed by atoms with Crippen LogP contribution in [0.5, 0.6) is 0 Å². The molecule has 1 aromatic carbocycles. The number of amides is 1. The Morgan fingerprint density at radius 1 is 1.26 bits per heavy atom. The summed E-state index contributed by atoms with van der Waals surface area (Å²) in [6.45, 7) is 0.141. The Labute approximate surface area is 160 Å². The molecule has 2 heterocycles. The number of benzene rings is 1. The second-order valence-corrected chi connectivity index (χ2v) is 7.99. The number of thiophene rings is 1. The molecule has 1 atom stereocenters. The molecule has 2 aromatic heterocycles. The molecule has 10 heteroatoms. The van der Waals surface area contributed by atoms with Gasteiger partial charge in [-0.1, -0.05) is 23.9 Å². The number of thioether (sulfide) groups is 1. The summed E-state index contributed by atoms with van der Waals surface area (Å²) in [6, 6.07) is 7.83. The molecule has 0 bridgehead atoms. The zero-order chi connectivity index (χ0) is 19.6. The monoisotopic (exact) mass is 415 g/mol. The molecule has 0 radical (unpaired) electrons. The summed E-state index contributed by atoms with van der Waals surface area (Å²) < 4.78 is 50.5. The first-order chi connectivity index (χ1) is 12.7. The smallest absolute Gasteiger partial charge is 0.346 e. The third-order valence-corrected chi connectivity index (χ3v) is 5.94. The van der Waals surface area contributed by atoms with Gasteiger partial charge >= 0.3 is 6.18 Å². The molecule has 0 spiro atoms. The fraction of sp³-hybridized carbons (Fsp3) is 0.235. The van der Waals surface area contributed by atoms with Crippen LogP contribution < -0.4 is 5.32 Å². The molecule has 27 heavy (non-hydrogen) atoms. The van der Waals surface area contributed by atoms with E-state index in [1.807, 2.05) is 11.4 Å². The Balaban J connectivity index is 1.80. The van der Waals surface area contributed by atoms with Gasteiger partial charge in [0.25, 0.3) is 0 Å². The highest BCUT2D eigenvalue weighted by atomic mass is 32.2. The number of nitrogens with zero attached hydrogens (tertiary/aromatic N) is 2. The molecule has 0 aliphatic carbocycles. The van der Waals surface area contributed by atoms with Crippen molar-refractivity contribution in [3.8, 4) is 10.4 Å². The van der Waals surface area contributed by atoms with E-state index in [1.165, 1.54) is 36.7 Å². The number of hydrogen-bond acceptors (Lipinski definition) is 5. The SMILES string of the molecule is CC(Sc1ncnc2cc(-c3ccc(F)cc3)sc12)C(=O)NCC(F)(F)F. The molecule has 4 nitrogen and oxygen atoms in total. The van der Waals surface area contributed by atoms with Crippen LogP contribution in [0.15, 0.2) is 41.7 Å². The second-order valence-electron chi connectivity index (χ2n) is 5.60. The maximum Gasteiger partial charge on any atom is 0.405 e. The molecular formula is C17H13F4N3OS2. The molecule has 1 amide bonds. The van der Waals surface area contributed by atoms with Gasteiger partial charge < -0.3 is 5.32 Å². The molecule has 0 aliphatic heterocycles. The first-order valence-corrected chi connectivity index (χ1v) is 9.44. The summed E-state index contributed by atoms with van der Waals surface area (Å²) in [5, 5.41) is 1.61. The highest BCUT2D eigenvalue weighted by Crippen LogP contribution is 2.38. The normalized spacial score (nSPS) is 12.9. The number of carbonyl (C=O) groups is 1. The lowest BCUT2D eigenvalue weighted by Crippen LogP contribution is -2.38. The average Bonchev–Trinajstić information content (AvgIpc) is 3.05. The van der Waals surface area contributed by atoms with E-state index in [0.29, 0.717) is 10.5 Å². The zero-order valence-corrected chi connectivity index (χ0v) is 15.5. The highest BCUT2D eigenvalue weighted by molar-refractivity contribution is 8.00. The van der Waals surface area contributed by atoms with E-state index in [2.05, 4.69) is 9.97 Å². The molecule has 3 rings (SSSR count). The van der Waals surface area contributed by atoms with Gasteiger partial charge in [-0.15, -0.1) is 11.3 Å². The van der Waals surface area contributed by atoms with Crippen molar-refractivity contribution in [3.63, 3.8) is 0 Å². The number of carbonyl (C=O) groups excluding carboxylic acids is 1. The Bertz CT molecular complexity index is 957. The van der Waals surface area contributed by atoms with Crippen LogP contribution >= 0.6 is 23.1 Å². The van der Waals surface area contributed by atoms with Crippen molar-refractivity contribution in [2.24, 2.45) is 0 Å². The second kappa shape index (κ2) is 7.81. The summed E-state index contributed by atoms with van der Waals surface area (Å²) >= 11 is 2.44. The largest absolute Gasteiger partial charge is 0.405 e. The predicted octanol–water partition coefficient (Wildman–Crippen LogP) is 4.66. The highest BCUT2D eigenvalue weighted by Gasteiger charge is 2.29. The minimum Gasteiger partial charge on any atom is -0.346 e. The van der Waals surface area contributed by atoms with Crippen LogP contribution in [0.3, 0.4) is 0 Å². The van der Waals surface area contributed by atoms with Gasteiger partial charge in [-0.3, -0.25) is 4.79 Å². The van der Waals surface area contributed by atoms with Crippen LogP contribution in [0.1, 0.15) is 6.92 Å². The van der Waals surface area contributed by atoms with Gasteiger partial charge in [0.1, 0.15) is 23.7 Å². The lowest BCUT2D eigenvalue weighted by atomic mass is 10.2. The molecule has 142 valence electrons. The van der Waals surface area contributed by atoms with E-state index in [-0.39, 0.29) is 5.82 Å². The topological polar surface area (TPSA) is 54.9 Å². The fourth-order valence-electron chi connectivity index (χ4n) is 2.23. The van der Waals surface area contributed by atoms with Crippen LogP contribution in [0.2, 0.25) is 0 Å². The van der Waals surface area contributed by atoms with Crippen LogP contribution in [-0.2, 0) is 4.79 Å². The Morgan fingerprint density at radius 3 is 2.63 bits per heavy atom. The van der Waals surface area contributed by atoms with Crippen LogP contribution in [-0.4, -0.2) is 33.8 Å². The van der Waals surface area contributed by atoms with Crippen LogP contribution in [0.25, 0.3) is 20.7 Å². The van der Waals surface area contributed by atoms with Crippen molar-refractivity contribution in [3.05, 3.63) is 42.5 Å². The Morgan fingerprint density at radius 2 is 1.96 bits per heavy atom. The number of halogens is 4. The van der Waals surface area contributed by atoms with E-state index >= 15 is 0 Å². The summed E-state index contributed by atoms with van der Waals surface area (Å²) in [6.07, 6.45) is -3.12. The van der Waals surface area contributed by atoms with Gasteiger partial charge in [0.15, 0.2) is 0 Å². The molecule has 0 fully saturated rings. The van der Waals surface area contributed by atoms with Crippen LogP contribution in [0.4, 0.5) is 17.6 Å². The fourth-order valence-corrected chi connectivity index (χ4v) is 4.34. The molecule has 0 saturated heterocycles. The lowest BCUT2D eigenvalue weighted by molar-refractivity contribution is -0.137. The lowest BCUT2D eigenvalue weighted by Gasteiger charge is -2.13. The van der Waals surface area contributed by atoms with Crippen molar-refractivity contribution in [1.29, 1.82) is 0 Å². The summed E-state index contributed by atoms with van der Waals surface area (Å²) in [7, 11) is 0. The van der Waals surface area contributed by atoms with Gasteiger partial charge in [-0.25, -0.2) is 14.4 Å². The molecule has 1 N–H and O–H groups in total. The van der Waals surface area contributed by atoms with Crippen LogP contribution in [0, 0.1) is 5.82 Å². The van der Waals surface area contributed by atoms with E-state index in [9.17, 15) is 22.4 Å². The van der Waals surface area contributed by atoms with E-state index < -0.39 is 23.9 Å². The zero-order valence-electron chi connectivity index (χ0n) is 13.9. The number of fused-ring (bicyclic) bond motifs is 1. The van der Waals surface area contributed by atoms with Crippen molar-refractivity contribution >= 4 is 39.2 Å². The first-order valence-electron chi connectivity index (χ1n) is 7.74. The maximum absolute atomic E-state index is 13.1. The first kappa shape index (κ1) is 19.6. The van der Waals surface area contributed by atoms with E-state index in [1.54, 1.807) is 12.1 Å². The van der Waals surface area contributed by atoms with Crippen molar-refractivity contribution in [2.75, 3.05) is 6.54 Å². The summed E-state index contributed by atoms with van der Waals surface area (Å²) in [5.74, 6) is -1.06. The number of nitrogens with one attached hydrogen (secondary N) is 1. The van der Waals surface area contributed by atoms with Gasteiger partial charge in [0, 0.05) is 4.88 Å². The molecule has 1 unspecified atom stereocenters. The molecule has 0 aliphatic rings. The van der Waals surface area contributed by atoms with Gasteiger partial charge in [0.2, 0.25) is 5.91 Å². The predicted molar refractivity (Wildman–Crippen MR) is 97.2 cm³/mol. The molecule has 3 aromatic rings. The van der Waals surface area contributed by atoms with Crippen molar-refractivity contribution in [1.82, 2.24) is 15.3 Å². The quantitative estimate of drug-likeness (QED) is 0.374. The summed E-state index contributed by atoms with van der Waals surface area (Å²) in [4.78, 5) is 21.1. The van der Waals surface area contributed by atoms with Gasteiger partial charge in [-0.2, -0.15) is 13.2 Å². The third-order valence-electron chi connectivity index (χ3n) is 3.53. The van der Waals surface area contributed by atoms with E-state index in [0.717, 1.165) is 26.9 Å².